The average molecular weight is 310 g/mol. The highest BCUT2D eigenvalue weighted by Gasteiger charge is 2.17. The summed E-state index contributed by atoms with van der Waals surface area (Å²) in [6.07, 6.45) is 1.65. The molecule has 118 valence electrons. The number of carbonyl (C=O) groups excluding carboxylic acids is 1. The summed E-state index contributed by atoms with van der Waals surface area (Å²) in [6, 6.07) is 8.50. The minimum Gasteiger partial charge on any atom is -0.506 e. The van der Waals surface area contributed by atoms with E-state index in [0.29, 0.717) is 22.3 Å². The predicted molar refractivity (Wildman–Crippen MR) is 88.7 cm³/mol. The summed E-state index contributed by atoms with van der Waals surface area (Å²) in [5, 5.41) is 17.6. The van der Waals surface area contributed by atoms with Gasteiger partial charge >= 0.3 is 0 Å². The highest BCUT2D eigenvalue weighted by atomic mass is 16.3. The van der Waals surface area contributed by atoms with Crippen molar-refractivity contribution in [1.82, 2.24) is 14.8 Å². The summed E-state index contributed by atoms with van der Waals surface area (Å²) in [4.78, 5) is 17.1. The van der Waals surface area contributed by atoms with Gasteiger partial charge in [0.1, 0.15) is 5.75 Å². The molecule has 1 amide bonds. The first-order chi connectivity index (χ1) is 11.0. The van der Waals surface area contributed by atoms with E-state index in [1.165, 1.54) is 6.07 Å². The number of aromatic hydroxyl groups is 1. The number of rotatable bonds is 3. The number of anilines is 1. The van der Waals surface area contributed by atoms with Crippen LogP contribution in [0.15, 0.2) is 36.5 Å². The van der Waals surface area contributed by atoms with Crippen LogP contribution in [0.4, 0.5) is 5.69 Å². The number of carbonyl (C=O) groups is 1. The van der Waals surface area contributed by atoms with Crippen molar-refractivity contribution in [2.75, 3.05) is 5.32 Å². The molecule has 0 spiro atoms. The molecule has 0 unspecified atom stereocenters. The average Bonchev–Trinajstić information content (AvgIpc) is 2.92. The quantitative estimate of drug-likeness (QED) is 0.728. The molecule has 6 nitrogen and oxygen atoms in total. The van der Waals surface area contributed by atoms with Crippen molar-refractivity contribution in [3.8, 4) is 5.75 Å². The topological polar surface area (TPSA) is 80.0 Å². The fraction of sp³-hybridized carbons (Fsp3) is 0.235. The second kappa shape index (κ2) is 5.72. The maximum atomic E-state index is 12.6. The highest BCUT2D eigenvalue weighted by molar-refractivity contribution is 6.12. The molecule has 1 aromatic carbocycles. The molecule has 2 N–H and O–H groups in total. The number of nitrogens with one attached hydrogen (secondary N) is 1. The van der Waals surface area contributed by atoms with Gasteiger partial charge < -0.3 is 10.4 Å². The predicted octanol–water partition coefficient (Wildman–Crippen LogP) is 3.28. The van der Waals surface area contributed by atoms with E-state index in [4.69, 9.17) is 0 Å². The van der Waals surface area contributed by atoms with Crippen LogP contribution in [0.2, 0.25) is 0 Å². The highest BCUT2D eigenvalue weighted by Crippen LogP contribution is 2.25. The van der Waals surface area contributed by atoms with Crippen LogP contribution in [0.3, 0.4) is 0 Å². The maximum absolute atomic E-state index is 12.6. The summed E-state index contributed by atoms with van der Waals surface area (Å²) in [7, 11) is 0. The number of fused-ring (bicyclic) bond motifs is 1. The fourth-order valence-corrected chi connectivity index (χ4v) is 2.48. The molecule has 0 aliphatic rings. The normalized spacial score (nSPS) is 11.1. The van der Waals surface area contributed by atoms with E-state index in [1.807, 2.05) is 20.8 Å². The molecule has 0 radical (unpaired) electrons. The molecule has 0 atom stereocenters. The van der Waals surface area contributed by atoms with E-state index in [2.05, 4.69) is 15.4 Å². The van der Waals surface area contributed by atoms with E-state index in [-0.39, 0.29) is 17.7 Å². The van der Waals surface area contributed by atoms with Crippen LogP contribution < -0.4 is 5.32 Å². The Morgan fingerprint density at radius 3 is 2.74 bits per heavy atom. The number of amides is 1. The number of nitrogens with zero attached hydrogens (tertiary/aromatic N) is 3. The monoisotopic (exact) mass is 310 g/mol. The van der Waals surface area contributed by atoms with Crippen LogP contribution in [-0.2, 0) is 0 Å². The summed E-state index contributed by atoms with van der Waals surface area (Å²) < 4.78 is 1.79. The lowest BCUT2D eigenvalue weighted by Crippen LogP contribution is -2.13. The summed E-state index contributed by atoms with van der Waals surface area (Å²) in [5.41, 5.74) is 2.28. The van der Waals surface area contributed by atoms with Crippen molar-refractivity contribution in [1.29, 1.82) is 0 Å². The number of para-hydroxylation sites is 2. The smallest absolute Gasteiger partial charge is 0.256 e. The molecule has 3 aromatic rings. The fourth-order valence-electron chi connectivity index (χ4n) is 2.48. The number of hydrogen-bond donors (Lipinski definition) is 2. The van der Waals surface area contributed by atoms with Gasteiger partial charge in [-0.3, -0.25) is 4.79 Å². The first-order valence-corrected chi connectivity index (χ1v) is 7.41. The van der Waals surface area contributed by atoms with Crippen LogP contribution in [0.1, 0.15) is 35.9 Å². The van der Waals surface area contributed by atoms with Crippen molar-refractivity contribution in [3.05, 3.63) is 47.8 Å². The lowest BCUT2D eigenvalue weighted by molar-refractivity contribution is 0.102. The zero-order valence-corrected chi connectivity index (χ0v) is 13.2. The second-order valence-corrected chi connectivity index (χ2v) is 5.70. The molecule has 2 aromatic heterocycles. The first-order valence-electron chi connectivity index (χ1n) is 7.41. The van der Waals surface area contributed by atoms with Gasteiger partial charge in [0.25, 0.3) is 5.91 Å². The molecule has 2 heterocycles. The Labute approximate surface area is 133 Å². The Kier molecular flexibility index (Phi) is 3.73. The van der Waals surface area contributed by atoms with E-state index in [1.54, 1.807) is 35.1 Å². The van der Waals surface area contributed by atoms with Gasteiger partial charge in [0.05, 0.1) is 22.8 Å². The Morgan fingerprint density at radius 2 is 2.04 bits per heavy atom. The van der Waals surface area contributed by atoms with Crippen LogP contribution in [0, 0.1) is 6.92 Å². The Bertz CT molecular complexity index is 883. The Morgan fingerprint density at radius 1 is 1.30 bits per heavy atom. The minimum atomic E-state index is -0.301. The van der Waals surface area contributed by atoms with Crippen molar-refractivity contribution in [2.45, 2.75) is 26.8 Å². The molecule has 0 saturated carbocycles. The van der Waals surface area contributed by atoms with Gasteiger partial charge in [-0.1, -0.05) is 12.1 Å². The first kappa shape index (κ1) is 15.0. The van der Waals surface area contributed by atoms with Crippen molar-refractivity contribution in [2.24, 2.45) is 0 Å². The van der Waals surface area contributed by atoms with E-state index in [0.717, 1.165) is 5.69 Å². The third-order valence-electron chi connectivity index (χ3n) is 3.58. The Balaban J connectivity index is 2.05. The molecule has 0 aliphatic heterocycles. The molecule has 0 fully saturated rings. The van der Waals surface area contributed by atoms with Gasteiger partial charge in [0.2, 0.25) is 0 Å². The zero-order chi connectivity index (χ0) is 16.6. The van der Waals surface area contributed by atoms with Crippen LogP contribution in [-0.4, -0.2) is 25.8 Å². The molecule has 3 rings (SSSR count). The van der Waals surface area contributed by atoms with Crippen LogP contribution in [0.25, 0.3) is 11.0 Å². The summed E-state index contributed by atoms with van der Waals surface area (Å²) in [6.45, 7) is 5.87. The van der Waals surface area contributed by atoms with Gasteiger partial charge in [0.15, 0.2) is 5.65 Å². The number of phenols is 1. The number of aromatic nitrogens is 3. The van der Waals surface area contributed by atoms with E-state index < -0.39 is 0 Å². The molecule has 0 saturated heterocycles. The van der Waals surface area contributed by atoms with Gasteiger partial charge in [-0.05, 0) is 39.0 Å². The second-order valence-electron chi connectivity index (χ2n) is 5.70. The standard InChI is InChI=1S/C17H18N4O2/c1-10(2)21-16-13(9-18-21)12(8-11(3)19-16)17(23)20-14-6-4-5-7-15(14)22/h4-10,22H,1-3H3,(H,20,23). The molecule has 0 aliphatic carbocycles. The van der Waals surface area contributed by atoms with Gasteiger partial charge in [-0.25, -0.2) is 9.67 Å². The number of pyridine rings is 1. The summed E-state index contributed by atoms with van der Waals surface area (Å²) in [5.74, 6) is -0.272. The van der Waals surface area contributed by atoms with Crippen molar-refractivity contribution >= 4 is 22.6 Å². The summed E-state index contributed by atoms with van der Waals surface area (Å²) >= 11 is 0. The van der Waals surface area contributed by atoms with Crippen LogP contribution in [0.5, 0.6) is 5.75 Å². The number of benzene rings is 1. The molecule has 0 bridgehead atoms. The molecular formula is C17H18N4O2. The number of aryl methyl sites for hydroxylation is 1. The van der Waals surface area contributed by atoms with Gasteiger partial charge in [0, 0.05) is 11.7 Å². The van der Waals surface area contributed by atoms with Gasteiger partial charge in [-0.2, -0.15) is 5.10 Å². The third-order valence-corrected chi connectivity index (χ3v) is 3.58. The molecular weight excluding hydrogens is 292 g/mol. The SMILES string of the molecule is Cc1cc(C(=O)Nc2ccccc2O)c2cnn(C(C)C)c2n1. The minimum absolute atomic E-state index is 0.0285. The van der Waals surface area contributed by atoms with Crippen molar-refractivity contribution in [3.63, 3.8) is 0 Å². The third kappa shape index (κ3) is 2.75. The number of hydrogen-bond acceptors (Lipinski definition) is 4. The van der Waals surface area contributed by atoms with E-state index >= 15 is 0 Å². The molecule has 6 heteroatoms. The maximum Gasteiger partial charge on any atom is 0.256 e. The largest absolute Gasteiger partial charge is 0.506 e. The zero-order valence-electron chi connectivity index (χ0n) is 13.2. The lowest BCUT2D eigenvalue weighted by Gasteiger charge is -2.10. The Hall–Kier alpha value is -2.89. The van der Waals surface area contributed by atoms with Gasteiger partial charge in [-0.15, -0.1) is 0 Å². The molecule has 23 heavy (non-hydrogen) atoms. The number of phenolic OH excluding ortho intramolecular Hbond substituents is 1. The van der Waals surface area contributed by atoms with Crippen molar-refractivity contribution < 1.29 is 9.90 Å². The van der Waals surface area contributed by atoms with Crippen LogP contribution >= 0.6 is 0 Å². The lowest BCUT2D eigenvalue weighted by atomic mass is 10.1. The van der Waals surface area contributed by atoms with E-state index in [9.17, 15) is 9.90 Å².